The maximum absolute atomic E-state index is 12.7. The van der Waals surface area contributed by atoms with Crippen LogP contribution in [0.25, 0.3) is 0 Å². The van der Waals surface area contributed by atoms with Crippen molar-refractivity contribution >= 4 is 39.7 Å². The standard InChI is InChI=1S/C12H18N2O5S2.ClH/c1-18-9-7-10(11(15)19-2)20-12(9)21(16,17)14-5-3-8(13)4-6-14;/h7-8H,3-6,13H2,1-2H3;1H. The van der Waals surface area contributed by atoms with Crippen molar-refractivity contribution in [3.05, 3.63) is 10.9 Å². The largest absolute Gasteiger partial charge is 0.494 e. The molecule has 126 valence electrons. The van der Waals surface area contributed by atoms with E-state index >= 15 is 0 Å². The van der Waals surface area contributed by atoms with E-state index in [0.717, 1.165) is 11.3 Å². The van der Waals surface area contributed by atoms with Gasteiger partial charge in [-0.1, -0.05) is 0 Å². The highest BCUT2D eigenvalue weighted by Gasteiger charge is 2.33. The lowest BCUT2D eigenvalue weighted by Gasteiger charge is -2.28. The molecule has 2 N–H and O–H groups in total. The van der Waals surface area contributed by atoms with Gasteiger partial charge < -0.3 is 15.2 Å². The van der Waals surface area contributed by atoms with Crippen molar-refractivity contribution < 1.29 is 22.7 Å². The quantitative estimate of drug-likeness (QED) is 0.796. The number of ether oxygens (including phenoxy) is 2. The lowest BCUT2D eigenvalue weighted by Crippen LogP contribution is -2.42. The molecule has 0 aromatic carbocycles. The summed E-state index contributed by atoms with van der Waals surface area (Å²) in [5.74, 6) is -0.421. The molecule has 1 aliphatic heterocycles. The fourth-order valence-corrected chi connectivity index (χ4v) is 5.22. The molecule has 1 aliphatic rings. The van der Waals surface area contributed by atoms with Gasteiger partial charge in [-0.15, -0.1) is 23.7 Å². The number of thiophene rings is 1. The number of carbonyl (C=O) groups excluding carboxylic acids is 1. The Bertz CT molecular complexity index is 623. The van der Waals surface area contributed by atoms with Crippen LogP contribution in [0, 0.1) is 0 Å². The number of hydrogen-bond donors (Lipinski definition) is 1. The molecular formula is C12H19ClN2O5S2. The summed E-state index contributed by atoms with van der Waals surface area (Å²) in [7, 11) is -1.07. The molecule has 0 aliphatic carbocycles. The molecule has 10 heteroatoms. The van der Waals surface area contributed by atoms with Gasteiger partial charge in [0.15, 0.2) is 9.96 Å². The molecule has 0 radical (unpaired) electrons. The summed E-state index contributed by atoms with van der Waals surface area (Å²) >= 11 is 0.858. The molecule has 0 saturated carbocycles. The van der Waals surface area contributed by atoms with Gasteiger partial charge in [0.2, 0.25) is 0 Å². The van der Waals surface area contributed by atoms with Crippen molar-refractivity contribution in [2.75, 3.05) is 27.3 Å². The number of nitrogens with two attached hydrogens (primary N) is 1. The summed E-state index contributed by atoms with van der Waals surface area (Å²) in [4.78, 5) is 11.7. The van der Waals surface area contributed by atoms with Crippen molar-refractivity contribution in [3.8, 4) is 5.75 Å². The predicted molar refractivity (Wildman–Crippen MR) is 85.4 cm³/mol. The summed E-state index contributed by atoms with van der Waals surface area (Å²) in [6.07, 6.45) is 1.24. The first-order valence-corrected chi connectivity index (χ1v) is 8.67. The van der Waals surface area contributed by atoms with Crippen LogP contribution in [0.2, 0.25) is 0 Å². The fourth-order valence-electron chi connectivity index (χ4n) is 2.11. The van der Waals surface area contributed by atoms with Crippen LogP contribution < -0.4 is 10.5 Å². The molecule has 1 fully saturated rings. The Balaban J connectivity index is 0.00000242. The normalized spacial score (nSPS) is 16.9. The number of nitrogens with zero attached hydrogens (tertiary/aromatic N) is 1. The van der Waals surface area contributed by atoms with Gasteiger partial charge in [-0.3, -0.25) is 0 Å². The molecule has 2 rings (SSSR count). The molecule has 0 atom stereocenters. The van der Waals surface area contributed by atoms with Crippen molar-refractivity contribution in [1.29, 1.82) is 0 Å². The number of halogens is 1. The fraction of sp³-hybridized carbons (Fsp3) is 0.583. The first-order chi connectivity index (χ1) is 9.90. The van der Waals surface area contributed by atoms with E-state index in [2.05, 4.69) is 4.74 Å². The van der Waals surface area contributed by atoms with Gasteiger partial charge in [-0.2, -0.15) is 4.31 Å². The lowest BCUT2D eigenvalue weighted by molar-refractivity contribution is 0.0606. The predicted octanol–water partition coefficient (Wildman–Crippen LogP) is 1.08. The molecule has 22 heavy (non-hydrogen) atoms. The number of sulfonamides is 1. The lowest BCUT2D eigenvalue weighted by atomic mass is 10.1. The number of esters is 1. The zero-order valence-electron chi connectivity index (χ0n) is 12.3. The van der Waals surface area contributed by atoms with Crippen molar-refractivity contribution in [3.63, 3.8) is 0 Å². The third-order valence-electron chi connectivity index (χ3n) is 3.35. The van der Waals surface area contributed by atoms with Crippen LogP contribution in [-0.4, -0.2) is 52.0 Å². The van der Waals surface area contributed by atoms with Crippen LogP contribution in [0.4, 0.5) is 0 Å². The van der Waals surface area contributed by atoms with Gasteiger partial charge >= 0.3 is 5.97 Å². The zero-order chi connectivity index (χ0) is 15.6. The van der Waals surface area contributed by atoms with E-state index in [1.807, 2.05) is 0 Å². The molecule has 0 amide bonds. The Labute approximate surface area is 139 Å². The van der Waals surface area contributed by atoms with Gasteiger partial charge in [0.25, 0.3) is 10.0 Å². The monoisotopic (exact) mass is 370 g/mol. The number of methoxy groups -OCH3 is 2. The third-order valence-corrected chi connectivity index (χ3v) is 6.83. The van der Waals surface area contributed by atoms with Gasteiger partial charge in [-0.25, -0.2) is 13.2 Å². The Morgan fingerprint density at radius 2 is 1.95 bits per heavy atom. The second-order valence-electron chi connectivity index (χ2n) is 4.70. The number of hydrogen-bond acceptors (Lipinski definition) is 7. The van der Waals surface area contributed by atoms with Crippen LogP contribution in [0.5, 0.6) is 5.75 Å². The van der Waals surface area contributed by atoms with Crippen molar-refractivity contribution in [2.45, 2.75) is 23.1 Å². The Kier molecular flexibility index (Phi) is 6.63. The summed E-state index contributed by atoms with van der Waals surface area (Å²) in [6.45, 7) is 0.746. The second kappa shape index (κ2) is 7.60. The van der Waals surface area contributed by atoms with Crippen molar-refractivity contribution in [2.24, 2.45) is 5.73 Å². The number of carbonyl (C=O) groups is 1. The Morgan fingerprint density at radius 1 is 1.36 bits per heavy atom. The minimum atomic E-state index is -3.69. The zero-order valence-corrected chi connectivity index (χ0v) is 14.7. The molecule has 0 unspecified atom stereocenters. The molecule has 1 saturated heterocycles. The summed E-state index contributed by atoms with van der Waals surface area (Å²) in [5, 5.41) is 0. The first-order valence-electron chi connectivity index (χ1n) is 6.42. The average Bonchev–Trinajstić information content (AvgIpc) is 2.92. The Hall–Kier alpha value is -0.870. The van der Waals surface area contributed by atoms with E-state index in [0.29, 0.717) is 25.9 Å². The molecule has 7 nitrogen and oxygen atoms in total. The van der Waals surface area contributed by atoms with E-state index in [4.69, 9.17) is 10.5 Å². The molecule has 0 spiro atoms. The van der Waals surface area contributed by atoms with E-state index < -0.39 is 16.0 Å². The molecule has 1 aromatic heterocycles. The van der Waals surface area contributed by atoms with Gasteiger partial charge in [0.05, 0.1) is 14.2 Å². The van der Waals surface area contributed by atoms with Gasteiger partial charge in [-0.05, 0) is 12.8 Å². The van der Waals surface area contributed by atoms with Crippen LogP contribution in [0.3, 0.4) is 0 Å². The first kappa shape index (κ1) is 19.2. The topological polar surface area (TPSA) is 98.9 Å². The maximum Gasteiger partial charge on any atom is 0.348 e. The summed E-state index contributed by atoms with van der Waals surface area (Å²) in [6, 6.07) is 1.42. The minimum Gasteiger partial charge on any atom is -0.494 e. The highest BCUT2D eigenvalue weighted by molar-refractivity contribution is 7.91. The SMILES string of the molecule is COC(=O)c1cc(OC)c(S(=O)(=O)N2CCC(N)CC2)s1.Cl. The highest BCUT2D eigenvalue weighted by Crippen LogP contribution is 2.36. The second-order valence-corrected chi connectivity index (χ2v) is 7.88. The molecular weight excluding hydrogens is 352 g/mol. The third kappa shape index (κ3) is 3.72. The van der Waals surface area contributed by atoms with Gasteiger partial charge in [0.1, 0.15) is 4.88 Å². The number of rotatable bonds is 4. The summed E-state index contributed by atoms with van der Waals surface area (Å²) < 4.78 is 36.4. The highest BCUT2D eigenvalue weighted by atomic mass is 35.5. The maximum atomic E-state index is 12.7. The van der Waals surface area contributed by atoms with E-state index in [-0.39, 0.29) is 33.3 Å². The minimum absolute atomic E-state index is 0. The molecule has 2 heterocycles. The smallest absolute Gasteiger partial charge is 0.348 e. The van der Waals surface area contributed by atoms with E-state index in [9.17, 15) is 13.2 Å². The van der Waals surface area contributed by atoms with Crippen LogP contribution in [0.15, 0.2) is 10.3 Å². The molecule has 1 aromatic rings. The van der Waals surface area contributed by atoms with Crippen LogP contribution in [-0.2, 0) is 14.8 Å². The summed E-state index contributed by atoms with van der Waals surface area (Å²) in [5.41, 5.74) is 5.79. The average molecular weight is 371 g/mol. The van der Waals surface area contributed by atoms with E-state index in [1.54, 1.807) is 0 Å². The van der Waals surface area contributed by atoms with Crippen LogP contribution >= 0.6 is 23.7 Å². The molecule has 0 bridgehead atoms. The van der Waals surface area contributed by atoms with Crippen LogP contribution in [0.1, 0.15) is 22.5 Å². The Morgan fingerprint density at radius 3 is 2.45 bits per heavy atom. The number of piperidine rings is 1. The van der Waals surface area contributed by atoms with Gasteiger partial charge in [0, 0.05) is 25.2 Å². The van der Waals surface area contributed by atoms with E-state index in [1.165, 1.54) is 24.6 Å². The van der Waals surface area contributed by atoms with Crippen molar-refractivity contribution in [1.82, 2.24) is 4.31 Å².